The van der Waals surface area contributed by atoms with Crippen LogP contribution in [0.4, 0.5) is 0 Å². The maximum Gasteiger partial charge on any atom is 0.236 e. The van der Waals surface area contributed by atoms with Crippen LogP contribution < -0.4 is 5.32 Å². The van der Waals surface area contributed by atoms with Crippen molar-refractivity contribution in [3.05, 3.63) is 0 Å². The summed E-state index contributed by atoms with van der Waals surface area (Å²) in [7, 11) is 1.86. The molecule has 0 aromatic heterocycles. The Morgan fingerprint density at radius 3 is 2.81 bits per heavy atom. The van der Waals surface area contributed by atoms with Crippen LogP contribution in [-0.2, 0) is 4.79 Å². The van der Waals surface area contributed by atoms with Crippen molar-refractivity contribution >= 4 is 5.91 Å². The number of amides is 1. The van der Waals surface area contributed by atoms with Crippen LogP contribution in [-0.4, -0.2) is 61.0 Å². The molecule has 0 aromatic carbocycles. The number of nitrogens with zero attached hydrogens (tertiary/aromatic N) is 2. The molecule has 2 fully saturated rings. The fraction of sp³-hybridized carbons (Fsp3) is 0.917. The van der Waals surface area contributed by atoms with Crippen LogP contribution in [0.5, 0.6) is 0 Å². The number of likely N-dealkylation sites (tertiary alicyclic amines) is 1. The van der Waals surface area contributed by atoms with Crippen molar-refractivity contribution in [2.75, 3.05) is 33.2 Å². The van der Waals surface area contributed by atoms with Crippen molar-refractivity contribution in [2.24, 2.45) is 0 Å². The number of hydrogen-bond donors (Lipinski definition) is 1. The third kappa shape index (κ3) is 2.95. The number of likely N-dealkylation sites (N-methyl/N-ethyl adjacent to an activating group) is 1. The van der Waals surface area contributed by atoms with E-state index >= 15 is 0 Å². The average molecular weight is 225 g/mol. The third-order valence-electron chi connectivity index (χ3n) is 3.73. The second kappa shape index (κ2) is 5.15. The van der Waals surface area contributed by atoms with Gasteiger partial charge in [0.05, 0.1) is 6.54 Å². The summed E-state index contributed by atoms with van der Waals surface area (Å²) in [4.78, 5) is 15.9. The molecule has 1 amide bonds. The van der Waals surface area contributed by atoms with Gasteiger partial charge in [0.2, 0.25) is 5.91 Å². The molecule has 1 N–H and O–H groups in total. The highest BCUT2D eigenvalue weighted by molar-refractivity contribution is 5.77. The van der Waals surface area contributed by atoms with Gasteiger partial charge in [0, 0.05) is 38.8 Å². The molecule has 1 aliphatic heterocycles. The Balaban J connectivity index is 1.65. The van der Waals surface area contributed by atoms with E-state index in [1.807, 2.05) is 14.0 Å². The molecule has 2 rings (SSSR count). The van der Waals surface area contributed by atoms with Gasteiger partial charge in [0.1, 0.15) is 0 Å². The Labute approximate surface area is 98.0 Å². The lowest BCUT2D eigenvalue weighted by Crippen LogP contribution is -2.41. The molecule has 0 bridgehead atoms. The summed E-state index contributed by atoms with van der Waals surface area (Å²) in [6.07, 6.45) is 3.95. The summed E-state index contributed by atoms with van der Waals surface area (Å²) < 4.78 is 0. The van der Waals surface area contributed by atoms with Crippen LogP contribution in [0.2, 0.25) is 0 Å². The molecule has 0 spiro atoms. The van der Waals surface area contributed by atoms with Gasteiger partial charge < -0.3 is 10.2 Å². The molecular formula is C12H23N3O. The van der Waals surface area contributed by atoms with Crippen LogP contribution in [0, 0.1) is 0 Å². The zero-order valence-corrected chi connectivity index (χ0v) is 10.4. The summed E-state index contributed by atoms with van der Waals surface area (Å²) in [5.74, 6) is 0.201. The van der Waals surface area contributed by atoms with E-state index in [1.165, 1.54) is 25.8 Å². The van der Waals surface area contributed by atoms with E-state index in [-0.39, 0.29) is 5.91 Å². The molecule has 4 heteroatoms. The zero-order chi connectivity index (χ0) is 11.5. The van der Waals surface area contributed by atoms with Crippen molar-refractivity contribution in [1.82, 2.24) is 15.1 Å². The molecule has 1 atom stereocenters. The molecule has 0 aromatic rings. The van der Waals surface area contributed by atoms with Gasteiger partial charge in [-0.25, -0.2) is 0 Å². The molecule has 1 heterocycles. The van der Waals surface area contributed by atoms with Crippen LogP contribution >= 0.6 is 0 Å². The lowest BCUT2D eigenvalue weighted by molar-refractivity contribution is -0.128. The average Bonchev–Trinajstić information content (AvgIpc) is 3.05. The largest absolute Gasteiger partial charge is 0.345 e. The minimum atomic E-state index is 0.201. The van der Waals surface area contributed by atoms with Gasteiger partial charge in [-0.15, -0.1) is 0 Å². The van der Waals surface area contributed by atoms with Crippen LogP contribution in [0.25, 0.3) is 0 Å². The standard InChI is InChI=1S/C12H23N3O/c1-3-14(2)12(16)8-13-10-6-7-15(9-10)11-4-5-11/h10-11,13H,3-9H2,1-2H3. The third-order valence-corrected chi connectivity index (χ3v) is 3.73. The van der Waals surface area contributed by atoms with Crippen molar-refractivity contribution in [2.45, 2.75) is 38.3 Å². The Morgan fingerprint density at radius 2 is 2.19 bits per heavy atom. The van der Waals surface area contributed by atoms with E-state index < -0.39 is 0 Å². The summed E-state index contributed by atoms with van der Waals surface area (Å²) >= 11 is 0. The van der Waals surface area contributed by atoms with Gasteiger partial charge >= 0.3 is 0 Å². The molecular weight excluding hydrogens is 202 g/mol. The van der Waals surface area contributed by atoms with Gasteiger partial charge in [-0.1, -0.05) is 0 Å². The van der Waals surface area contributed by atoms with Crippen molar-refractivity contribution in [3.8, 4) is 0 Å². The zero-order valence-electron chi connectivity index (χ0n) is 10.4. The van der Waals surface area contributed by atoms with Crippen molar-refractivity contribution < 1.29 is 4.79 Å². The van der Waals surface area contributed by atoms with Gasteiger partial charge in [-0.05, 0) is 26.2 Å². The van der Waals surface area contributed by atoms with Crippen LogP contribution in [0.1, 0.15) is 26.2 Å². The Hall–Kier alpha value is -0.610. The summed E-state index contributed by atoms with van der Waals surface area (Å²) in [5.41, 5.74) is 0. The van der Waals surface area contributed by atoms with Gasteiger partial charge in [0.15, 0.2) is 0 Å². The van der Waals surface area contributed by atoms with E-state index in [9.17, 15) is 4.79 Å². The summed E-state index contributed by atoms with van der Waals surface area (Å²) in [5, 5.41) is 3.38. The highest BCUT2D eigenvalue weighted by Gasteiger charge is 2.34. The van der Waals surface area contributed by atoms with E-state index in [0.29, 0.717) is 12.6 Å². The van der Waals surface area contributed by atoms with Crippen molar-refractivity contribution in [3.63, 3.8) is 0 Å². The molecule has 1 unspecified atom stereocenters. The molecule has 16 heavy (non-hydrogen) atoms. The smallest absolute Gasteiger partial charge is 0.236 e. The van der Waals surface area contributed by atoms with Gasteiger partial charge in [-0.2, -0.15) is 0 Å². The van der Waals surface area contributed by atoms with Gasteiger partial charge in [0.25, 0.3) is 0 Å². The molecule has 0 radical (unpaired) electrons. The van der Waals surface area contributed by atoms with Crippen LogP contribution in [0.15, 0.2) is 0 Å². The molecule has 1 saturated heterocycles. The number of hydrogen-bond acceptors (Lipinski definition) is 3. The lowest BCUT2D eigenvalue weighted by atomic mass is 10.2. The summed E-state index contributed by atoms with van der Waals surface area (Å²) in [6.45, 7) is 5.63. The first kappa shape index (κ1) is 11.9. The highest BCUT2D eigenvalue weighted by atomic mass is 16.2. The molecule has 1 saturated carbocycles. The first-order valence-electron chi connectivity index (χ1n) is 6.42. The number of carbonyl (C=O) groups is 1. The molecule has 4 nitrogen and oxygen atoms in total. The van der Waals surface area contributed by atoms with Gasteiger partial charge in [-0.3, -0.25) is 9.69 Å². The second-order valence-electron chi connectivity index (χ2n) is 5.00. The molecule has 1 aliphatic carbocycles. The first-order valence-corrected chi connectivity index (χ1v) is 6.42. The highest BCUT2D eigenvalue weighted by Crippen LogP contribution is 2.29. The van der Waals surface area contributed by atoms with E-state index in [0.717, 1.165) is 19.1 Å². The normalized spacial score (nSPS) is 26.0. The topological polar surface area (TPSA) is 35.6 Å². The first-order chi connectivity index (χ1) is 7.70. The molecule has 2 aliphatic rings. The monoisotopic (exact) mass is 225 g/mol. The Bertz CT molecular complexity index is 253. The maximum absolute atomic E-state index is 11.6. The SMILES string of the molecule is CCN(C)C(=O)CNC1CCN(C2CC2)C1. The Morgan fingerprint density at radius 1 is 1.44 bits per heavy atom. The molecule has 92 valence electrons. The maximum atomic E-state index is 11.6. The number of rotatable bonds is 5. The predicted octanol–water partition coefficient (Wildman–Crippen LogP) is 0.291. The predicted molar refractivity (Wildman–Crippen MR) is 64.3 cm³/mol. The lowest BCUT2D eigenvalue weighted by Gasteiger charge is -2.18. The van der Waals surface area contributed by atoms with E-state index in [4.69, 9.17) is 0 Å². The quantitative estimate of drug-likeness (QED) is 0.730. The van der Waals surface area contributed by atoms with Crippen molar-refractivity contribution in [1.29, 1.82) is 0 Å². The minimum Gasteiger partial charge on any atom is -0.345 e. The van der Waals surface area contributed by atoms with E-state index in [2.05, 4.69) is 10.2 Å². The second-order valence-corrected chi connectivity index (χ2v) is 5.00. The number of carbonyl (C=O) groups excluding carboxylic acids is 1. The summed E-state index contributed by atoms with van der Waals surface area (Å²) in [6, 6.07) is 1.38. The van der Waals surface area contributed by atoms with E-state index in [1.54, 1.807) is 4.90 Å². The number of nitrogens with one attached hydrogen (secondary N) is 1. The fourth-order valence-corrected chi connectivity index (χ4v) is 2.27. The van der Waals surface area contributed by atoms with Crippen LogP contribution in [0.3, 0.4) is 0 Å². The Kier molecular flexibility index (Phi) is 3.82. The fourth-order valence-electron chi connectivity index (χ4n) is 2.27. The minimum absolute atomic E-state index is 0.201.